The summed E-state index contributed by atoms with van der Waals surface area (Å²) in [6, 6.07) is 11.9. The molecule has 0 bridgehead atoms. The zero-order chi connectivity index (χ0) is 14.5. The number of carbonyl (C=O) groups is 1. The third-order valence-corrected chi connectivity index (χ3v) is 3.15. The summed E-state index contributed by atoms with van der Waals surface area (Å²) in [4.78, 5) is 12.2. The van der Waals surface area contributed by atoms with Crippen LogP contribution in [-0.2, 0) is 6.54 Å². The number of rotatable bonds is 4. The van der Waals surface area contributed by atoms with Crippen LogP contribution >= 0.6 is 11.6 Å². The lowest BCUT2D eigenvalue weighted by Gasteiger charge is -2.11. The van der Waals surface area contributed by atoms with Crippen LogP contribution in [-0.4, -0.2) is 18.1 Å². The van der Waals surface area contributed by atoms with E-state index < -0.39 is 0 Å². The lowest BCUT2D eigenvalue weighted by atomic mass is 10.1. The maximum Gasteiger partial charge on any atom is 0.255 e. The predicted molar refractivity (Wildman–Crippen MR) is 80.3 cm³/mol. The van der Waals surface area contributed by atoms with Crippen molar-refractivity contribution in [2.24, 2.45) is 0 Å². The first-order chi connectivity index (χ1) is 9.61. The van der Waals surface area contributed by atoms with E-state index in [1.807, 2.05) is 31.3 Å². The first-order valence-electron chi connectivity index (χ1n) is 6.14. The molecule has 0 unspecified atom stereocenters. The topological polar surface area (TPSA) is 61.4 Å². The number of aromatic hydroxyl groups is 1. The highest BCUT2D eigenvalue weighted by molar-refractivity contribution is 6.32. The second kappa shape index (κ2) is 6.41. The summed E-state index contributed by atoms with van der Waals surface area (Å²) in [5.74, 6) is -0.311. The number of para-hydroxylation sites is 1. The summed E-state index contributed by atoms with van der Waals surface area (Å²) in [5.41, 5.74) is 2.14. The van der Waals surface area contributed by atoms with Crippen molar-refractivity contribution in [1.29, 1.82) is 0 Å². The van der Waals surface area contributed by atoms with Crippen molar-refractivity contribution >= 4 is 23.2 Å². The van der Waals surface area contributed by atoms with Gasteiger partial charge in [0.15, 0.2) is 0 Å². The molecular formula is C15H15ClN2O2. The van der Waals surface area contributed by atoms with Crippen LogP contribution in [0.2, 0.25) is 5.02 Å². The molecule has 0 aliphatic carbocycles. The van der Waals surface area contributed by atoms with Crippen molar-refractivity contribution in [3.63, 3.8) is 0 Å². The number of anilines is 1. The van der Waals surface area contributed by atoms with Crippen LogP contribution in [0.25, 0.3) is 0 Å². The fraction of sp³-hybridized carbons (Fsp3) is 0.133. The quantitative estimate of drug-likeness (QED) is 0.811. The van der Waals surface area contributed by atoms with Crippen molar-refractivity contribution in [2.75, 3.05) is 12.4 Å². The Hall–Kier alpha value is -2.04. The van der Waals surface area contributed by atoms with Crippen LogP contribution in [0.1, 0.15) is 15.9 Å². The molecule has 0 saturated heterocycles. The van der Waals surface area contributed by atoms with E-state index >= 15 is 0 Å². The Morgan fingerprint density at radius 2 is 2.00 bits per heavy atom. The third-order valence-electron chi connectivity index (χ3n) is 2.84. The van der Waals surface area contributed by atoms with E-state index in [4.69, 9.17) is 11.6 Å². The zero-order valence-electron chi connectivity index (χ0n) is 11.0. The highest BCUT2D eigenvalue weighted by Crippen LogP contribution is 2.24. The molecular weight excluding hydrogens is 276 g/mol. The molecule has 3 N–H and O–H groups in total. The number of hydrogen-bond donors (Lipinski definition) is 3. The molecule has 2 aromatic rings. The largest absolute Gasteiger partial charge is 0.506 e. The zero-order valence-corrected chi connectivity index (χ0v) is 11.7. The third kappa shape index (κ3) is 3.29. The summed E-state index contributed by atoms with van der Waals surface area (Å²) in [6.45, 7) is 0.660. The minimum Gasteiger partial charge on any atom is -0.506 e. The minimum atomic E-state index is -0.268. The van der Waals surface area contributed by atoms with Gasteiger partial charge in [-0.2, -0.15) is 0 Å². The fourth-order valence-electron chi connectivity index (χ4n) is 1.83. The van der Waals surface area contributed by atoms with Gasteiger partial charge < -0.3 is 15.7 Å². The van der Waals surface area contributed by atoms with Gasteiger partial charge in [0, 0.05) is 17.8 Å². The van der Waals surface area contributed by atoms with Gasteiger partial charge in [0.25, 0.3) is 5.91 Å². The van der Waals surface area contributed by atoms with Gasteiger partial charge in [-0.05, 0) is 36.9 Å². The highest BCUT2D eigenvalue weighted by Gasteiger charge is 2.10. The van der Waals surface area contributed by atoms with Gasteiger partial charge in [0.1, 0.15) is 5.75 Å². The first kappa shape index (κ1) is 14.4. The second-order valence-corrected chi connectivity index (χ2v) is 4.71. The normalized spacial score (nSPS) is 10.3. The average molecular weight is 291 g/mol. The van der Waals surface area contributed by atoms with Crippen LogP contribution in [0.4, 0.5) is 5.69 Å². The van der Waals surface area contributed by atoms with E-state index in [2.05, 4.69) is 10.6 Å². The molecule has 0 aromatic heterocycles. The van der Waals surface area contributed by atoms with Gasteiger partial charge >= 0.3 is 0 Å². The lowest BCUT2D eigenvalue weighted by Crippen LogP contribution is -2.15. The van der Waals surface area contributed by atoms with Crippen LogP contribution in [0.3, 0.4) is 0 Å². The van der Waals surface area contributed by atoms with E-state index in [0.29, 0.717) is 12.1 Å². The maximum absolute atomic E-state index is 12.2. The lowest BCUT2D eigenvalue weighted by molar-refractivity contribution is 0.102. The first-order valence-corrected chi connectivity index (χ1v) is 6.52. The van der Waals surface area contributed by atoms with Gasteiger partial charge in [-0.1, -0.05) is 29.8 Å². The maximum atomic E-state index is 12.2. The smallest absolute Gasteiger partial charge is 0.255 e. The standard InChI is InChI=1S/C15H15ClN2O2/c1-17-9-11-4-2-3-5-13(11)18-15(20)10-6-7-14(19)12(16)8-10/h2-8,17,19H,9H2,1H3,(H,18,20). The monoisotopic (exact) mass is 290 g/mol. The highest BCUT2D eigenvalue weighted by atomic mass is 35.5. The molecule has 0 heterocycles. The fourth-order valence-corrected chi connectivity index (χ4v) is 2.01. The molecule has 4 nitrogen and oxygen atoms in total. The Labute approximate surface area is 122 Å². The Morgan fingerprint density at radius 1 is 1.25 bits per heavy atom. The molecule has 0 spiro atoms. The number of phenols is 1. The number of benzene rings is 2. The molecule has 0 saturated carbocycles. The summed E-state index contributed by atoms with van der Waals surface area (Å²) in [6.07, 6.45) is 0. The van der Waals surface area contributed by atoms with Crippen LogP contribution in [0.15, 0.2) is 42.5 Å². The number of hydrogen-bond acceptors (Lipinski definition) is 3. The van der Waals surface area contributed by atoms with E-state index in [0.717, 1.165) is 11.3 Å². The van der Waals surface area contributed by atoms with E-state index in [9.17, 15) is 9.90 Å². The SMILES string of the molecule is CNCc1ccccc1NC(=O)c1ccc(O)c(Cl)c1. The number of nitrogens with one attached hydrogen (secondary N) is 2. The van der Waals surface area contributed by atoms with Gasteiger partial charge in [-0.25, -0.2) is 0 Å². The van der Waals surface area contributed by atoms with Crippen LogP contribution in [0, 0.1) is 0 Å². The number of carbonyl (C=O) groups excluding carboxylic acids is 1. The minimum absolute atomic E-state index is 0.0428. The molecule has 1 amide bonds. The van der Waals surface area contributed by atoms with Crippen molar-refractivity contribution in [1.82, 2.24) is 5.32 Å². The number of phenolic OH excluding ortho intramolecular Hbond substituents is 1. The van der Waals surface area contributed by atoms with E-state index in [1.54, 1.807) is 0 Å². The molecule has 0 aliphatic heterocycles. The van der Waals surface area contributed by atoms with E-state index in [1.165, 1.54) is 18.2 Å². The molecule has 0 aliphatic rings. The molecule has 2 rings (SSSR count). The Balaban J connectivity index is 2.21. The second-order valence-electron chi connectivity index (χ2n) is 4.31. The molecule has 5 heteroatoms. The summed E-state index contributed by atoms with van der Waals surface area (Å²) in [5, 5.41) is 15.4. The number of halogens is 1. The Bertz CT molecular complexity index is 629. The Kier molecular flexibility index (Phi) is 4.61. The van der Waals surface area contributed by atoms with Gasteiger partial charge in [-0.15, -0.1) is 0 Å². The van der Waals surface area contributed by atoms with Crippen LogP contribution in [0.5, 0.6) is 5.75 Å². The van der Waals surface area contributed by atoms with Gasteiger partial charge in [0.05, 0.1) is 5.02 Å². The van der Waals surface area contributed by atoms with Gasteiger partial charge in [-0.3, -0.25) is 4.79 Å². The van der Waals surface area contributed by atoms with Crippen LogP contribution < -0.4 is 10.6 Å². The van der Waals surface area contributed by atoms with Crippen molar-refractivity contribution < 1.29 is 9.90 Å². The molecule has 20 heavy (non-hydrogen) atoms. The molecule has 0 fully saturated rings. The van der Waals surface area contributed by atoms with Crippen molar-refractivity contribution in [2.45, 2.75) is 6.54 Å². The molecule has 2 aromatic carbocycles. The molecule has 0 radical (unpaired) electrons. The van der Waals surface area contributed by atoms with E-state index in [-0.39, 0.29) is 16.7 Å². The average Bonchev–Trinajstić information content (AvgIpc) is 2.44. The summed E-state index contributed by atoms with van der Waals surface area (Å²) >= 11 is 5.80. The van der Waals surface area contributed by atoms with Crippen molar-refractivity contribution in [3.05, 3.63) is 58.6 Å². The summed E-state index contributed by atoms with van der Waals surface area (Å²) < 4.78 is 0. The van der Waals surface area contributed by atoms with Gasteiger partial charge in [0.2, 0.25) is 0 Å². The molecule has 104 valence electrons. The number of amides is 1. The summed E-state index contributed by atoms with van der Waals surface area (Å²) in [7, 11) is 1.85. The molecule has 0 atom stereocenters. The predicted octanol–water partition coefficient (Wildman–Crippen LogP) is 3.02. The van der Waals surface area contributed by atoms with Crippen molar-refractivity contribution in [3.8, 4) is 5.75 Å². The Morgan fingerprint density at radius 3 is 2.70 bits per heavy atom.